The van der Waals surface area contributed by atoms with E-state index in [0.717, 1.165) is 0 Å². The van der Waals surface area contributed by atoms with Gasteiger partial charge in [0.2, 0.25) is 0 Å². The van der Waals surface area contributed by atoms with Crippen LogP contribution in [0.25, 0.3) is 0 Å². The van der Waals surface area contributed by atoms with Crippen LogP contribution in [0.5, 0.6) is 0 Å². The number of nitrogens with one attached hydrogen (secondary N) is 2. The van der Waals surface area contributed by atoms with Crippen LogP contribution in [0.1, 0.15) is 20.7 Å². The van der Waals surface area contributed by atoms with E-state index < -0.39 is 0 Å². The van der Waals surface area contributed by atoms with E-state index in [9.17, 15) is 9.59 Å². The van der Waals surface area contributed by atoms with E-state index in [1.807, 2.05) is 6.07 Å². The number of hydrogen-bond acceptors (Lipinski definition) is 4. The van der Waals surface area contributed by atoms with E-state index in [1.54, 1.807) is 48.5 Å². The van der Waals surface area contributed by atoms with Crippen molar-refractivity contribution in [3.63, 3.8) is 0 Å². The van der Waals surface area contributed by atoms with Gasteiger partial charge in [0.15, 0.2) is 0 Å². The van der Waals surface area contributed by atoms with Crippen molar-refractivity contribution < 1.29 is 9.59 Å². The Morgan fingerprint density at radius 3 is 2.26 bits per heavy atom. The van der Waals surface area contributed by atoms with Gasteiger partial charge in [-0.2, -0.15) is 0 Å². The van der Waals surface area contributed by atoms with E-state index in [4.69, 9.17) is 0 Å². The molecule has 3 aromatic rings. The van der Waals surface area contributed by atoms with Gasteiger partial charge in [-0.25, -0.2) is 4.68 Å². The van der Waals surface area contributed by atoms with E-state index in [2.05, 4.69) is 20.9 Å². The third kappa shape index (κ3) is 3.59. The fraction of sp³-hybridized carbons (Fsp3) is 0. The summed E-state index contributed by atoms with van der Waals surface area (Å²) in [6, 6.07) is 15.5. The third-order valence-electron chi connectivity index (χ3n) is 3.07. The molecule has 0 atom stereocenters. The minimum atomic E-state index is -0.333. The van der Waals surface area contributed by atoms with E-state index in [-0.39, 0.29) is 11.8 Å². The average molecular weight is 307 g/mol. The zero-order valence-electron chi connectivity index (χ0n) is 12.0. The first-order valence-corrected chi connectivity index (χ1v) is 6.85. The minimum Gasteiger partial charge on any atom is -0.322 e. The van der Waals surface area contributed by atoms with Crippen LogP contribution in [0.15, 0.2) is 67.3 Å². The Bertz CT molecular complexity index is 816. The highest BCUT2D eigenvalue weighted by Gasteiger charge is 2.09. The molecule has 7 nitrogen and oxygen atoms in total. The van der Waals surface area contributed by atoms with Gasteiger partial charge < -0.3 is 5.32 Å². The molecule has 0 saturated heterocycles. The first-order valence-electron chi connectivity index (χ1n) is 6.85. The molecule has 1 aromatic heterocycles. The van der Waals surface area contributed by atoms with Gasteiger partial charge in [-0.05, 0) is 30.3 Å². The lowest BCUT2D eigenvalue weighted by Crippen LogP contribution is -2.21. The molecule has 7 heteroatoms. The highest BCUT2D eigenvalue weighted by atomic mass is 16.2. The third-order valence-corrected chi connectivity index (χ3v) is 3.07. The van der Waals surface area contributed by atoms with Gasteiger partial charge in [0.25, 0.3) is 11.8 Å². The molecule has 0 radical (unpaired) electrons. The van der Waals surface area contributed by atoms with Crippen LogP contribution in [0.3, 0.4) is 0 Å². The van der Waals surface area contributed by atoms with Gasteiger partial charge in [-0.15, -0.1) is 10.2 Å². The lowest BCUT2D eigenvalue weighted by molar-refractivity contribution is 0.100. The van der Waals surface area contributed by atoms with Crippen LogP contribution in [-0.4, -0.2) is 26.7 Å². The minimum absolute atomic E-state index is 0.234. The summed E-state index contributed by atoms with van der Waals surface area (Å²) in [6.07, 6.45) is 2.75. The zero-order valence-corrected chi connectivity index (χ0v) is 12.0. The van der Waals surface area contributed by atoms with Crippen LogP contribution < -0.4 is 10.7 Å². The molecule has 0 aliphatic heterocycles. The molecule has 2 amide bonds. The summed E-state index contributed by atoms with van der Waals surface area (Å²) in [4.78, 5) is 24.2. The Kier molecular flexibility index (Phi) is 4.10. The topological polar surface area (TPSA) is 88.9 Å². The summed E-state index contributed by atoms with van der Waals surface area (Å²) < 4.78 is 1.34. The van der Waals surface area contributed by atoms with Crippen molar-refractivity contribution in [3.8, 4) is 0 Å². The van der Waals surface area contributed by atoms with Crippen LogP contribution in [-0.2, 0) is 0 Å². The number of hydrogen-bond donors (Lipinski definition) is 2. The lowest BCUT2D eigenvalue weighted by Gasteiger charge is -2.08. The molecule has 0 unspecified atom stereocenters. The molecule has 0 aliphatic rings. The van der Waals surface area contributed by atoms with Gasteiger partial charge >= 0.3 is 0 Å². The van der Waals surface area contributed by atoms with Gasteiger partial charge in [0, 0.05) is 16.8 Å². The fourth-order valence-corrected chi connectivity index (χ4v) is 1.97. The summed E-state index contributed by atoms with van der Waals surface area (Å²) in [5.41, 5.74) is 4.08. The number of benzene rings is 2. The van der Waals surface area contributed by atoms with Crippen molar-refractivity contribution in [1.82, 2.24) is 14.9 Å². The molecule has 2 aromatic carbocycles. The monoisotopic (exact) mass is 307 g/mol. The van der Waals surface area contributed by atoms with Crippen molar-refractivity contribution in [2.24, 2.45) is 0 Å². The molecule has 0 aliphatic carbocycles. The Morgan fingerprint density at radius 1 is 0.826 bits per heavy atom. The summed E-state index contributed by atoms with van der Waals surface area (Å²) in [5.74, 6) is -0.567. The number of rotatable bonds is 4. The normalized spacial score (nSPS) is 10.1. The fourth-order valence-electron chi connectivity index (χ4n) is 1.97. The van der Waals surface area contributed by atoms with E-state index >= 15 is 0 Å². The number of carbonyl (C=O) groups excluding carboxylic acids is 2. The second-order valence-corrected chi connectivity index (χ2v) is 4.71. The zero-order chi connectivity index (χ0) is 16.1. The summed E-state index contributed by atoms with van der Waals surface area (Å²) in [5, 5.41) is 9.96. The van der Waals surface area contributed by atoms with Gasteiger partial charge in [0.1, 0.15) is 12.7 Å². The maximum absolute atomic E-state index is 12.1. The Hall–Kier alpha value is -3.48. The number of amides is 2. The number of carbonyl (C=O) groups is 2. The maximum Gasteiger partial charge on any atom is 0.270 e. The first-order chi connectivity index (χ1) is 11.2. The smallest absolute Gasteiger partial charge is 0.270 e. The highest BCUT2D eigenvalue weighted by molar-refractivity contribution is 6.05. The quantitative estimate of drug-likeness (QED) is 0.770. The molecule has 1 heterocycles. The summed E-state index contributed by atoms with van der Waals surface area (Å²) in [7, 11) is 0. The van der Waals surface area contributed by atoms with Crippen molar-refractivity contribution in [3.05, 3.63) is 78.4 Å². The number of aromatic nitrogens is 3. The largest absolute Gasteiger partial charge is 0.322 e. The highest BCUT2D eigenvalue weighted by Crippen LogP contribution is 2.12. The van der Waals surface area contributed by atoms with Crippen LogP contribution in [0, 0.1) is 0 Å². The molecular formula is C16H13N5O2. The molecule has 0 spiro atoms. The second kappa shape index (κ2) is 6.52. The Morgan fingerprint density at radius 2 is 1.52 bits per heavy atom. The molecule has 0 fully saturated rings. The molecule has 0 saturated carbocycles. The van der Waals surface area contributed by atoms with Crippen LogP contribution in [0.2, 0.25) is 0 Å². The average Bonchev–Trinajstić information content (AvgIpc) is 3.09. The second-order valence-electron chi connectivity index (χ2n) is 4.71. The van der Waals surface area contributed by atoms with Crippen molar-refractivity contribution in [2.75, 3.05) is 10.7 Å². The Balaban J connectivity index is 1.72. The number of nitrogens with zero attached hydrogens (tertiary/aromatic N) is 3. The van der Waals surface area contributed by atoms with Gasteiger partial charge in [-0.1, -0.05) is 24.3 Å². The van der Waals surface area contributed by atoms with Gasteiger partial charge in [0.05, 0.1) is 0 Å². The van der Waals surface area contributed by atoms with Crippen molar-refractivity contribution >= 4 is 17.5 Å². The summed E-state index contributed by atoms with van der Waals surface area (Å²) >= 11 is 0. The molecule has 2 N–H and O–H groups in total. The molecule has 3 rings (SSSR count). The maximum atomic E-state index is 12.1. The predicted molar refractivity (Wildman–Crippen MR) is 84.6 cm³/mol. The molecule has 23 heavy (non-hydrogen) atoms. The van der Waals surface area contributed by atoms with Crippen LogP contribution in [0.4, 0.5) is 5.69 Å². The first kappa shape index (κ1) is 14.5. The lowest BCUT2D eigenvalue weighted by atomic mass is 10.1. The Labute approximate surface area is 131 Å². The molecule has 114 valence electrons. The van der Waals surface area contributed by atoms with E-state index in [1.165, 1.54) is 17.3 Å². The van der Waals surface area contributed by atoms with Crippen molar-refractivity contribution in [1.29, 1.82) is 0 Å². The molecule has 0 bridgehead atoms. The SMILES string of the molecule is O=C(Nc1cccc(C(=O)Nn2cnnc2)c1)c1ccccc1. The van der Waals surface area contributed by atoms with E-state index in [0.29, 0.717) is 16.8 Å². The van der Waals surface area contributed by atoms with Gasteiger partial charge in [-0.3, -0.25) is 15.0 Å². The summed E-state index contributed by atoms with van der Waals surface area (Å²) in [6.45, 7) is 0. The number of anilines is 1. The van der Waals surface area contributed by atoms with Crippen LogP contribution >= 0.6 is 0 Å². The predicted octanol–water partition coefficient (Wildman–Crippen LogP) is 1.91. The van der Waals surface area contributed by atoms with Crippen molar-refractivity contribution in [2.45, 2.75) is 0 Å². The standard InChI is InChI=1S/C16H13N5O2/c22-15(12-5-2-1-3-6-12)19-14-8-4-7-13(9-14)16(23)20-21-10-17-18-11-21/h1-11H,(H,19,22)(H,20,23). The molecular weight excluding hydrogens is 294 g/mol.